The molecule has 0 radical (unpaired) electrons. The molecule has 2 aromatic rings. The van der Waals surface area contributed by atoms with Crippen molar-refractivity contribution in [2.75, 3.05) is 13.1 Å². The fourth-order valence-electron chi connectivity index (χ4n) is 4.37. The molecule has 6 nitrogen and oxygen atoms in total. The second-order valence-electron chi connectivity index (χ2n) is 8.27. The SMILES string of the molecule is CCC(CCCCN1C(=O)c2ccccc2S1(=O)=O)NCC1CCc2ccccc2O1. The Hall–Kier alpha value is -2.38. The molecule has 4 rings (SSSR count). The van der Waals surface area contributed by atoms with Crippen molar-refractivity contribution in [1.29, 1.82) is 0 Å². The van der Waals surface area contributed by atoms with Crippen molar-refractivity contribution in [3.63, 3.8) is 0 Å². The number of amides is 1. The number of nitrogens with one attached hydrogen (secondary N) is 1. The third kappa shape index (κ3) is 4.62. The van der Waals surface area contributed by atoms with Crippen LogP contribution in [0, 0.1) is 0 Å². The average molecular weight is 443 g/mol. The van der Waals surface area contributed by atoms with E-state index in [0.717, 1.165) is 48.7 Å². The van der Waals surface area contributed by atoms with Crippen molar-refractivity contribution in [2.45, 2.75) is 62.5 Å². The topological polar surface area (TPSA) is 75.7 Å². The number of carbonyl (C=O) groups is 1. The number of fused-ring (bicyclic) bond motifs is 2. The Labute approximate surface area is 184 Å². The van der Waals surface area contributed by atoms with E-state index < -0.39 is 15.9 Å². The van der Waals surface area contributed by atoms with E-state index in [0.29, 0.717) is 12.5 Å². The van der Waals surface area contributed by atoms with Crippen molar-refractivity contribution < 1.29 is 17.9 Å². The number of hydrogen-bond acceptors (Lipinski definition) is 5. The highest BCUT2D eigenvalue weighted by molar-refractivity contribution is 7.90. The van der Waals surface area contributed by atoms with Crippen LogP contribution in [0.1, 0.15) is 54.9 Å². The highest BCUT2D eigenvalue weighted by atomic mass is 32.2. The monoisotopic (exact) mass is 442 g/mol. The predicted molar refractivity (Wildman–Crippen MR) is 120 cm³/mol. The summed E-state index contributed by atoms with van der Waals surface area (Å²) >= 11 is 0. The first-order valence-corrected chi connectivity index (χ1v) is 12.6. The zero-order valence-corrected chi connectivity index (χ0v) is 18.7. The molecular weight excluding hydrogens is 412 g/mol. The van der Waals surface area contributed by atoms with Gasteiger partial charge in [-0.1, -0.05) is 43.7 Å². The Kier molecular flexibility index (Phi) is 6.62. The van der Waals surface area contributed by atoms with Gasteiger partial charge in [0.1, 0.15) is 16.7 Å². The summed E-state index contributed by atoms with van der Waals surface area (Å²) in [6, 6.07) is 15.0. The number of nitrogens with zero attached hydrogens (tertiary/aromatic N) is 1. The molecule has 7 heteroatoms. The number of unbranched alkanes of at least 4 members (excludes halogenated alkanes) is 1. The summed E-state index contributed by atoms with van der Waals surface area (Å²) in [4.78, 5) is 12.6. The van der Waals surface area contributed by atoms with Crippen LogP contribution in [0.25, 0.3) is 0 Å². The molecule has 1 amide bonds. The van der Waals surface area contributed by atoms with E-state index in [2.05, 4.69) is 18.3 Å². The number of carbonyl (C=O) groups excluding carboxylic acids is 1. The first kappa shape index (κ1) is 21.8. The van der Waals surface area contributed by atoms with Crippen molar-refractivity contribution in [2.24, 2.45) is 0 Å². The van der Waals surface area contributed by atoms with Gasteiger partial charge in [0, 0.05) is 19.1 Å². The summed E-state index contributed by atoms with van der Waals surface area (Å²) in [6.45, 7) is 3.19. The fraction of sp³-hybridized carbons (Fsp3) is 0.458. The number of rotatable bonds is 9. The van der Waals surface area contributed by atoms with Crippen LogP contribution in [0.15, 0.2) is 53.4 Å². The van der Waals surface area contributed by atoms with Gasteiger partial charge in [0.15, 0.2) is 0 Å². The number of para-hydroxylation sites is 1. The van der Waals surface area contributed by atoms with Crippen LogP contribution in [-0.4, -0.2) is 43.9 Å². The third-order valence-corrected chi connectivity index (χ3v) is 8.05. The quantitative estimate of drug-likeness (QED) is 0.599. The van der Waals surface area contributed by atoms with Gasteiger partial charge >= 0.3 is 0 Å². The van der Waals surface area contributed by atoms with Crippen LogP contribution < -0.4 is 10.1 Å². The van der Waals surface area contributed by atoms with E-state index in [4.69, 9.17) is 4.74 Å². The first-order chi connectivity index (χ1) is 15.0. The van der Waals surface area contributed by atoms with Gasteiger partial charge in [0.05, 0.1) is 5.56 Å². The minimum atomic E-state index is -3.70. The number of aryl methyl sites for hydroxylation is 1. The minimum Gasteiger partial charge on any atom is -0.489 e. The van der Waals surface area contributed by atoms with E-state index in [1.54, 1.807) is 18.2 Å². The van der Waals surface area contributed by atoms with Crippen molar-refractivity contribution in [3.8, 4) is 5.75 Å². The molecule has 1 N–H and O–H groups in total. The fourth-order valence-corrected chi connectivity index (χ4v) is 5.98. The summed E-state index contributed by atoms with van der Waals surface area (Å²) in [7, 11) is -3.70. The van der Waals surface area contributed by atoms with Gasteiger partial charge in [-0.05, 0) is 55.9 Å². The lowest BCUT2D eigenvalue weighted by molar-refractivity contribution is 0.0869. The van der Waals surface area contributed by atoms with E-state index in [1.165, 1.54) is 11.6 Å². The molecule has 0 spiro atoms. The number of ether oxygens (including phenoxy) is 1. The van der Waals surface area contributed by atoms with E-state index in [-0.39, 0.29) is 23.1 Å². The summed E-state index contributed by atoms with van der Waals surface area (Å²) in [5.74, 6) is 0.585. The zero-order chi connectivity index (χ0) is 21.8. The summed E-state index contributed by atoms with van der Waals surface area (Å²) in [6.07, 6.45) is 5.68. The van der Waals surface area contributed by atoms with Crippen LogP contribution in [0.4, 0.5) is 0 Å². The molecule has 0 aromatic heterocycles. The summed E-state index contributed by atoms with van der Waals surface area (Å²) < 4.78 is 32.4. The van der Waals surface area contributed by atoms with Gasteiger partial charge in [0.25, 0.3) is 15.9 Å². The Morgan fingerprint density at radius 3 is 2.71 bits per heavy atom. The maximum atomic E-state index is 12.6. The molecule has 0 saturated carbocycles. The predicted octanol–water partition coefficient (Wildman–Crippen LogP) is 3.76. The van der Waals surface area contributed by atoms with Crippen LogP contribution in [-0.2, 0) is 16.4 Å². The lowest BCUT2D eigenvalue weighted by atomic mass is 10.0. The Morgan fingerprint density at radius 2 is 1.90 bits per heavy atom. The molecule has 2 unspecified atom stereocenters. The van der Waals surface area contributed by atoms with Crippen LogP contribution in [0.5, 0.6) is 5.75 Å². The average Bonchev–Trinajstić information content (AvgIpc) is 2.99. The van der Waals surface area contributed by atoms with Gasteiger partial charge in [-0.25, -0.2) is 12.7 Å². The minimum absolute atomic E-state index is 0.127. The van der Waals surface area contributed by atoms with Gasteiger partial charge in [-0.3, -0.25) is 4.79 Å². The van der Waals surface area contributed by atoms with Gasteiger partial charge < -0.3 is 10.1 Å². The smallest absolute Gasteiger partial charge is 0.269 e. The first-order valence-electron chi connectivity index (χ1n) is 11.1. The van der Waals surface area contributed by atoms with Crippen molar-refractivity contribution in [3.05, 3.63) is 59.7 Å². The number of benzene rings is 2. The molecule has 0 aliphatic carbocycles. The lowest BCUT2D eigenvalue weighted by Gasteiger charge is -2.28. The van der Waals surface area contributed by atoms with E-state index >= 15 is 0 Å². The molecule has 2 atom stereocenters. The van der Waals surface area contributed by atoms with Gasteiger partial charge in [0.2, 0.25) is 0 Å². The second kappa shape index (κ2) is 9.40. The standard InChI is InChI=1S/C24H30N2O4S/c1-2-19(25-17-20-15-14-18-9-3-5-12-22(18)30-20)10-7-8-16-26-24(27)21-11-4-6-13-23(21)31(26,28)29/h3-6,9,11-13,19-20,25H,2,7-8,10,14-17H2,1H3. The molecule has 2 aliphatic rings. The van der Waals surface area contributed by atoms with Crippen LogP contribution in [0.2, 0.25) is 0 Å². The van der Waals surface area contributed by atoms with Gasteiger partial charge in [-0.15, -0.1) is 0 Å². The molecule has 31 heavy (non-hydrogen) atoms. The summed E-state index contributed by atoms with van der Waals surface area (Å²) in [5.41, 5.74) is 1.56. The largest absolute Gasteiger partial charge is 0.489 e. The molecule has 0 fully saturated rings. The number of sulfonamides is 1. The van der Waals surface area contributed by atoms with E-state index in [1.807, 2.05) is 18.2 Å². The Bertz CT molecular complexity index is 1040. The maximum absolute atomic E-state index is 12.6. The van der Waals surface area contributed by atoms with Gasteiger partial charge in [-0.2, -0.15) is 0 Å². The molecule has 2 aromatic carbocycles. The van der Waals surface area contributed by atoms with Crippen molar-refractivity contribution in [1.82, 2.24) is 9.62 Å². The highest BCUT2D eigenvalue weighted by Gasteiger charge is 2.40. The Balaban J connectivity index is 1.22. The Morgan fingerprint density at radius 1 is 1.13 bits per heavy atom. The molecule has 2 aliphatic heterocycles. The molecular formula is C24H30N2O4S. The number of hydrogen-bond donors (Lipinski definition) is 1. The maximum Gasteiger partial charge on any atom is 0.269 e. The van der Waals surface area contributed by atoms with E-state index in [9.17, 15) is 13.2 Å². The lowest BCUT2D eigenvalue weighted by Crippen LogP contribution is -2.39. The zero-order valence-electron chi connectivity index (χ0n) is 17.9. The van der Waals surface area contributed by atoms with Crippen molar-refractivity contribution >= 4 is 15.9 Å². The van der Waals surface area contributed by atoms with Crippen LogP contribution >= 0.6 is 0 Å². The second-order valence-corrected chi connectivity index (χ2v) is 10.1. The molecule has 2 heterocycles. The molecule has 166 valence electrons. The highest BCUT2D eigenvalue weighted by Crippen LogP contribution is 2.30. The third-order valence-electron chi connectivity index (χ3n) is 6.20. The molecule has 0 bridgehead atoms. The summed E-state index contributed by atoms with van der Waals surface area (Å²) in [5, 5.41) is 3.61. The van der Waals surface area contributed by atoms with Crippen LogP contribution in [0.3, 0.4) is 0 Å². The normalized spacial score (nSPS) is 20.1. The molecule has 0 saturated heterocycles.